The molecular formula is CH2KNO2. The van der Waals surface area contributed by atoms with Crippen molar-refractivity contribution >= 4 is 6.09 Å². The van der Waals surface area contributed by atoms with Crippen molar-refractivity contribution in [3.8, 4) is 0 Å². The largest absolute Gasteiger partial charge is 1.00 e. The first-order valence-corrected chi connectivity index (χ1v) is 0.678. The van der Waals surface area contributed by atoms with Crippen molar-refractivity contribution in [3.05, 3.63) is 5.73 Å². The molecule has 2 N–H and O–H groups in total. The van der Waals surface area contributed by atoms with Crippen LogP contribution in [0.2, 0.25) is 0 Å². The van der Waals surface area contributed by atoms with E-state index >= 15 is 0 Å². The van der Waals surface area contributed by atoms with Gasteiger partial charge in [0, 0.05) is 0 Å². The average molecular weight is 99.1 g/mol. The molecule has 0 saturated carbocycles. The first-order chi connectivity index (χ1) is 1.73. The Morgan fingerprint density at radius 2 is 1.80 bits per heavy atom. The predicted octanol–water partition coefficient (Wildman–Crippen LogP) is -2.28. The van der Waals surface area contributed by atoms with E-state index in [2.05, 4.69) is 0 Å². The summed E-state index contributed by atoms with van der Waals surface area (Å²) in [6, 6.07) is 0. The van der Waals surface area contributed by atoms with Crippen LogP contribution in [0.1, 0.15) is 0 Å². The van der Waals surface area contributed by atoms with Gasteiger partial charge >= 0.3 is 51.4 Å². The molecule has 0 heterocycles. The molecule has 0 rings (SSSR count). The quantitative estimate of drug-likeness (QED) is 0.348. The van der Waals surface area contributed by atoms with Gasteiger partial charge in [-0.05, 0) is 0 Å². The van der Waals surface area contributed by atoms with Gasteiger partial charge in [-0.3, -0.25) is 4.79 Å². The number of rotatable bonds is 0. The monoisotopic (exact) mass is 99.0 g/mol. The Balaban J connectivity index is 0. The molecule has 0 aromatic carbocycles. The molecule has 5 heavy (non-hydrogen) atoms. The maximum Gasteiger partial charge on any atom is 1.00 e. The smallest absolute Gasteiger partial charge is 0.632 e. The Bertz CT molecular complexity index is 32.6. The van der Waals surface area contributed by atoms with Crippen molar-refractivity contribution in [2.45, 2.75) is 0 Å². The summed E-state index contributed by atoms with van der Waals surface area (Å²) in [5.74, 6) is 0. The van der Waals surface area contributed by atoms with Gasteiger partial charge in [0.1, 0.15) is 0 Å². The molecule has 0 fully saturated rings. The molecule has 0 aliphatic rings. The third-order valence-corrected chi connectivity index (χ3v) is 0. The number of carbonyl (C=O) groups is 1. The summed E-state index contributed by atoms with van der Waals surface area (Å²) >= 11 is 0. The van der Waals surface area contributed by atoms with Crippen molar-refractivity contribution in [2.24, 2.45) is 0 Å². The fourth-order valence-electron chi connectivity index (χ4n) is 0. The summed E-state index contributed by atoms with van der Waals surface area (Å²) in [7, 11) is 0. The van der Waals surface area contributed by atoms with Crippen molar-refractivity contribution in [1.29, 1.82) is 0 Å². The van der Waals surface area contributed by atoms with Gasteiger partial charge in [0.05, 0.1) is 0 Å². The molecule has 0 unspecified atom stereocenters. The van der Waals surface area contributed by atoms with Crippen LogP contribution in [0, 0.1) is 0 Å². The molecule has 0 radical (unpaired) electrons. The standard InChI is InChI=1S/CH2NO2.K/c2-1(3)4;/h2H,(H,3,4);/q-1;+1. The number of hydrogen-bond acceptors (Lipinski definition) is 1. The van der Waals surface area contributed by atoms with Gasteiger partial charge in [-0.2, -0.15) is 0 Å². The van der Waals surface area contributed by atoms with E-state index in [9.17, 15) is 0 Å². The zero-order chi connectivity index (χ0) is 3.58. The summed E-state index contributed by atoms with van der Waals surface area (Å²) in [6.07, 6.45) is -1.58. The molecule has 24 valence electrons. The van der Waals surface area contributed by atoms with E-state index in [-0.39, 0.29) is 51.4 Å². The predicted molar refractivity (Wildman–Crippen MR) is 12.3 cm³/mol. The Morgan fingerprint density at radius 3 is 1.80 bits per heavy atom. The second-order valence-corrected chi connectivity index (χ2v) is 0.305. The van der Waals surface area contributed by atoms with Gasteiger partial charge in [-0.15, -0.1) is 0 Å². The number of amides is 1. The minimum absolute atomic E-state index is 0. The number of carboxylic acid groups (broad SMARTS) is 1. The van der Waals surface area contributed by atoms with Crippen molar-refractivity contribution in [2.75, 3.05) is 0 Å². The molecule has 4 heteroatoms. The molecule has 0 atom stereocenters. The minimum Gasteiger partial charge on any atom is -0.632 e. The maximum atomic E-state index is 8.67. The van der Waals surface area contributed by atoms with Gasteiger partial charge in [0.15, 0.2) is 0 Å². The molecule has 0 aliphatic carbocycles. The zero-order valence-electron chi connectivity index (χ0n) is 2.86. The summed E-state index contributed by atoms with van der Waals surface area (Å²) < 4.78 is 0. The summed E-state index contributed by atoms with van der Waals surface area (Å²) in [5.41, 5.74) is 5.50. The van der Waals surface area contributed by atoms with Crippen LogP contribution in [0.3, 0.4) is 0 Å². The average Bonchev–Trinajstić information content (AvgIpc) is 0.811. The third-order valence-electron chi connectivity index (χ3n) is 0. The Labute approximate surface area is 72.0 Å². The topological polar surface area (TPSA) is 61.1 Å². The molecule has 0 aromatic rings. The van der Waals surface area contributed by atoms with E-state index < -0.39 is 6.09 Å². The van der Waals surface area contributed by atoms with Crippen molar-refractivity contribution in [1.82, 2.24) is 0 Å². The molecular weight excluding hydrogens is 97.1 g/mol. The van der Waals surface area contributed by atoms with E-state index in [4.69, 9.17) is 15.6 Å². The van der Waals surface area contributed by atoms with Crippen LogP contribution in [0.4, 0.5) is 4.79 Å². The summed E-state index contributed by atoms with van der Waals surface area (Å²) in [5, 5.41) is 7.08. The van der Waals surface area contributed by atoms with E-state index in [0.29, 0.717) is 0 Å². The fraction of sp³-hybridized carbons (Fsp3) is 0. The Kier molecular flexibility index (Phi) is 9.14. The molecule has 3 nitrogen and oxygen atoms in total. The van der Waals surface area contributed by atoms with Crippen LogP contribution in [-0.2, 0) is 0 Å². The SMILES string of the molecule is [K+].[NH-]C(=O)O. The van der Waals surface area contributed by atoms with Crippen LogP contribution in [0.15, 0.2) is 0 Å². The minimum atomic E-state index is -1.58. The first-order valence-electron chi connectivity index (χ1n) is 0.678. The molecule has 0 spiro atoms. The Morgan fingerprint density at radius 1 is 1.80 bits per heavy atom. The van der Waals surface area contributed by atoms with Gasteiger partial charge < -0.3 is 10.8 Å². The van der Waals surface area contributed by atoms with Crippen molar-refractivity contribution in [3.63, 3.8) is 0 Å². The molecule has 1 amide bonds. The van der Waals surface area contributed by atoms with Gasteiger partial charge in [0.2, 0.25) is 6.09 Å². The van der Waals surface area contributed by atoms with Crippen LogP contribution in [-0.4, -0.2) is 11.2 Å². The van der Waals surface area contributed by atoms with Crippen LogP contribution < -0.4 is 51.4 Å². The van der Waals surface area contributed by atoms with E-state index in [1.807, 2.05) is 0 Å². The Hall–Kier alpha value is 0.906. The van der Waals surface area contributed by atoms with E-state index in [1.54, 1.807) is 0 Å². The first kappa shape index (κ1) is 9.32. The van der Waals surface area contributed by atoms with Crippen LogP contribution >= 0.6 is 0 Å². The van der Waals surface area contributed by atoms with Crippen LogP contribution in [0.25, 0.3) is 5.73 Å². The van der Waals surface area contributed by atoms with E-state index in [1.165, 1.54) is 0 Å². The second-order valence-electron chi connectivity index (χ2n) is 0.305. The van der Waals surface area contributed by atoms with Gasteiger partial charge in [0.25, 0.3) is 0 Å². The fourth-order valence-corrected chi connectivity index (χ4v) is 0. The molecule has 0 bridgehead atoms. The van der Waals surface area contributed by atoms with Crippen molar-refractivity contribution < 1.29 is 61.3 Å². The van der Waals surface area contributed by atoms with Crippen LogP contribution in [0.5, 0.6) is 0 Å². The normalized spacial score (nSPS) is 4.80. The van der Waals surface area contributed by atoms with Gasteiger partial charge in [-0.25, -0.2) is 0 Å². The number of hydrogen-bond donors (Lipinski definition) is 1. The maximum absolute atomic E-state index is 8.67. The zero-order valence-corrected chi connectivity index (χ0v) is 5.98. The summed E-state index contributed by atoms with van der Waals surface area (Å²) in [4.78, 5) is 8.67. The molecule has 0 aromatic heterocycles. The van der Waals surface area contributed by atoms with Gasteiger partial charge in [-0.1, -0.05) is 0 Å². The molecule has 0 aliphatic heterocycles. The number of nitrogens with one attached hydrogen (secondary N) is 1. The summed E-state index contributed by atoms with van der Waals surface area (Å²) in [6.45, 7) is 0. The molecule has 0 saturated heterocycles. The second kappa shape index (κ2) is 4.91. The van der Waals surface area contributed by atoms with E-state index in [0.717, 1.165) is 0 Å². The third kappa shape index (κ3) is 50.4.